The molecular formula is C19H25N3O3S. The Kier molecular flexibility index (Phi) is 6.33. The summed E-state index contributed by atoms with van der Waals surface area (Å²) in [6.07, 6.45) is 1.24. The second kappa shape index (κ2) is 8.89. The van der Waals surface area contributed by atoms with Gasteiger partial charge in [-0.25, -0.2) is 4.98 Å². The number of amides is 1. The maximum atomic E-state index is 12.4. The molecule has 0 radical (unpaired) electrons. The molecule has 1 aliphatic rings. The van der Waals surface area contributed by atoms with Crippen molar-refractivity contribution in [3.8, 4) is 11.5 Å². The molecule has 0 spiro atoms. The molecular weight excluding hydrogens is 350 g/mol. The normalized spacial score (nSPS) is 14.4. The molecule has 0 aliphatic carbocycles. The van der Waals surface area contributed by atoms with Crippen LogP contribution in [0.1, 0.15) is 18.5 Å². The number of hydrogen-bond acceptors (Lipinski definition) is 6. The fourth-order valence-corrected chi connectivity index (χ4v) is 3.73. The number of methoxy groups -OCH3 is 1. The zero-order valence-electron chi connectivity index (χ0n) is 15.3. The summed E-state index contributed by atoms with van der Waals surface area (Å²) < 4.78 is 10.8. The SMILES string of the molecule is COc1ccc(OCCCC(=O)N2CCN(c3nc(C)cs3)CC2)cc1. The second-order valence-corrected chi connectivity index (χ2v) is 7.10. The van der Waals surface area contributed by atoms with Gasteiger partial charge >= 0.3 is 0 Å². The fraction of sp³-hybridized carbons (Fsp3) is 0.474. The molecule has 6 nitrogen and oxygen atoms in total. The van der Waals surface area contributed by atoms with Crippen LogP contribution < -0.4 is 14.4 Å². The Balaban J connectivity index is 1.35. The number of carbonyl (C=O) groups is 1. The van der Waals surface area contributed by atoms with Crippen LogP contribution in [0.2, 0.25) is 0 Å². The number of piperazine rings is 1. The molecule has 0 saturated carbocycles. The first kappa shape index (κ1) is 18.5. The summed E-state index contributed by atoms with van der Waals surface area (Å²) in [4.78, 5) is 21.1. The first-order valence-electron chi connectivity index (χ1n) is 8.87. The lowest BCUT2D eigenvalue weighted by molar-refractivity contribution is -0.131. The summed E-state index contributed by atoms with van der Waals surface area (Å²) in [5.74, 6) is 1.81. The number of carbonyl (C=O) groups excluding carboxylic acids is 1. The fourth-order valence-electron chi connectivity index (χ4n) is 2.88. The van der Waals surface area contributed by atoms with E-state index < -0.39 is 0 Å². The van der Waals surface area contributed by atoms with Crippen molar-refractivity contribution in [1.82, 2.24) is 9.88 Å². The third-order valence-corrected chi connectivity index (χ3v) is 5.39. The molecule has 2 heterocycles. The molecule has 7 heteroatoms. The van der Waals surface area contributed by atoms with Crippen molar-refractivity contribution in [2.45, 2.75) is 19.8 Å². The lowest BCUT2D eigenvalue weighted by Gasteiger charge is -2.34. The molecule has 26 heavy (non-hydrogen) atoms. The number of aromatic nitrogens is 1. The van der Waals surface area contributed by atoms with Crippen molar-refractivity contribution in [3.05, 3.63) is 35.3 Å². The number of anilines is 1. The summed E-state index contributed by atoms with van der Waals surface area (Å²) in [6.45, 7) is 5.76. The van der Waals surface area contributed by atoms with E-state index in [1.54, 1.807) is 18.4 Å². The molecule has 0 N–H and O–H groups in total. The minimum absolute atomic E-state index is 0.207. The van der Waals surface area contributed by atoms with Crippen LogP contribution in [0.4, 0.5) is 5.13 Å². The van der Waals surface area contributed by atoms with E-state index in [0.717, 1.165) is 54.9 Å². The predicted octanol–water partition coefficient (Wildman–Crippen LogP) is 2.97. The van der Waals surface area contributed by atoms with Crippen molar-refractivity contribution in [2.24, 2.45) is 0 Å². The highest BCUT2D eigenvalue weighted by molar-refractivity contribution is 7.13. The first-order chi connectivity index (χ1) is 12.7. The third kappa shape index (κ3) is 4.88. The second-order valence-electron chi connectivity index (χ2n) is 6.27. The van der Waals surface area contributed by atoms with Gasteiger partial charge in [0.25, 0.3) is 0 Å². The van der Waals surface area contributed by atoms with Gasteiger partial charge in [-0.3, -0.25) is 4.79 Å². The van der Waals surface area contributed by atoms with Crippen LogP contribution in [0.15, 0.2) is 29.6 Å². The molecule has 2 aromatic rings. The minimum Gasteiger partial charge on any atom is -0.497 e. The Bertz CT molecular complexity index is 709. The highest BCUT2D eigenvalue weighted by Crippen LogP contribution is 2.21. The van der Waals surface area contributed by atoms with Crippen molar-refractivity contribution < 1.29 is 14.3 Å². The molecule has 1 aromatic carbocycles. The topological polar surface area (TPSA) is 54.9 Å². The van der Waals surface area contributed by atoms with Crippen LogP contribution in [-0.4, -0.2) is 55.7 Å². The van der Waals surface area contributed by atoms with Crippen LogP contribution in [0.25, 0.3) is 0 Å². The van der Waals surface area contributed by atoms with Crippen molar-refractivity contribution in [2.75, 3.05) is 44.8 Å². The van der Waals surface area contributed by atoms with Gasteiger partial charge in [-0.2, -0.15) is 0 Å². The molecule has 1 saturated heterocycles. The molecule has 3 rings (SSSR count). The Hall–Kier alpha value is -2.28. The van der Waals surface area contributed by atoms with Gasteiger partial charge in [-0.15, -0.1) is 11.3 Å². The van der Waals surface area contributed by atoms with Crippen molar-refractivity contribution >= 4 is 22.4 Å². The van der Waals surface area contributed by atoms with Crippen LogP contribution in [0.3, 0.4) is 0 Å². The minimum atomic E-state index is 0.207. The van der Waals surface area contributed by atoms with E-state index in [-0.39, 0.29) is 5.91 Å². The molecule has 0 atom stereocenters. The summed E-state index contributed by atoms with van der Waals surface area (Å²) in [5.41, 5.74) is 1.06. The summed E-state index contributed by atoms with van der Waals surface area (Å²) >= 11 is 1.67. The first-order valence-corrected chi connectivity index (χ1v) is 9.75. The molecule has 140 valence electrons. The molecule has 1 aromatic heterocycles. The number of thiazole rings is 1. The van der Waals surface area contributed by atoms with Crippen LogP contribution >= 0.6 is 11.3 Å². The van der Waals surface area contributed by atoms with Crippen molar-refractivity contribution in [1.29, 1.82) is 0 Å². The quantitative estimate of drug-likeness (QED) is 0.697. The predicted molar refractivity (Wildman–Crippen MR) is 103 cm³/mol. The van der Waals surface area contributed by atoms with Crippen LogP contribution in [0.5, 0.6) is 11.5 Å². The smallest absolute Gasteiger partial charge is 0.222 e. The van der Waals surface area contributed by atoms with E-state index in [2.05, 4.69) is 15.3 Å². The third-order valence-electron chi connectivity index (χ3n) is 4.37. The van der Waals surface area contributed by atoms with Gasteiger partial charge in [0.05, 0.1) is 19.4 Å². The van der Waals surface area contributed by atoms with Gasteiger partial charge in [0.15, 0.2) is 5.13 Å². The van der Waals surface area contributed by atoms with E-state index in [0.29, 0.717) is 13.0 Å². The number of ether oxygens (including phenoxy) is 2. The van der Waals surface area contributed by atoms with Gasteiger partial charge < -0.3 is 19.3 Å². The molecule has 1 fully saturated rings. The number of hydrogen-bond donors (Lipinski definition) is 0. The number of rotatable bonds is 7. The highest BCUT2D eigenvalue weighted by Gasteiger charge is 2.22. The molecule has 0 unspecified atom stereocenters. The van der Waals surface area contributed by atoms with Crippen molar-refractivity contribution in [3.63, 3.8) is 0 Å². The van der Waals surface area contributed by atoms with Crippen LogP contribution in [-0.2, 0) is 4.79 Å². The Morgan fingerprint density at radius 3 is 2.46 bits per heavy atom. The number of benzene rings is 1. The van der Waals surface area contributed by atoms with Gasteiger partial charge in [0, 0.05) is 38.0 Å². The average molecular weight is 375 g/mol. The summed E-state index contributed by atoms with van der Waals surface area (Å²) in [7, 11) is 1.64. The highest BCUT2D eigenvalue weighted by atomic mass is 32.1. The molecule has 1 amide bonds. The van der Waals surface area contributed by atoms with E-state index in [1.807, 2.05) is 36.1 Å². The maximum absolute atomic E-state index is 12.4. The van der Waals surface area contributed by atoms with E-state index in [9.17, 15) is 4.79 Å². The Morgan fingerprint density at radius 1 is 1.15 bits per heavy atom. The lowest BCUT2D eigenvalue weighted by atomic mass is 10.2. The molecule has 1 aliphatic heterocycles. The summed E-state index contributed by atoms with van der Waals surface area (Å²) in [5, 5.41) is 3.12. The Labute approximate surface area is 158 Å². The van der Waals surface area contributed by atoms with Crippen LogP contribution in [0, 0.1) is 6.92 Å². The standard InChI is InChI=1S/C19H25N3O3S/c1-15-14-26-19(20-15)22-11-9-21(10-12-22)18(23)4-3-13-25-17-7-5-16(24-2)6-8-17/h5-8,14H,3-4,9-13H2,1-2H3. The maximum Gasteiger partial charge on any atom is 0.222 e. The lowest BCUT2D eigenvalue weighted by Crippen LogP contribution is -2.48. The summed E-state index contributed by atoms with van der Waals surface area (Å²) in [6, 6.07) is 7.48. The average Bonchev–Trinajstić information content (AvgIpc) is 3.12. The van der Waals surface area contributed by atoms with Gasteiger partial charge in [0.1, 0.15) is 11.5 Å². The van der Waals surface area contributed by atoms with E-state index in [4.69, 9.17) is 9.47 Å². The van der Waals surface area contributed by atoms with E-state index in [1.165, 1.54) is 0 Å². The zero-order chi connectivity index (χ0) is 18.4. The largest absolute Gasteiger partial charge is 0.497 e. The van der Waals surface area contributed by atoms with Gasteiger partial charge in [-0.05, 0) is 37.6 Å². The van der Waals surface area contributed by atoms with Gasteiger partial charge in [-0.1, -0.05) is 0 Å². The zero-order valence-corrected chi connectivity index (χ0v) is 16.1. The van der Waals surface area contributed by atoms with Gasteiger partial charge in [0.2, 0.25) is 5.91 Å². The molecule has 0 bridgehead atoms. The number of nitrogens with zero attached hydrogens (tertiary/aromatic N) is 3. The monoisotopic (exact) mass is 375 g/mol. The number of aryl methyl sites for hydroxylation is 1. The van der Waals surface area contributed by atoms with E-state index >= 15 is 0 Å². The Morgan fingerprint density at radius 2 is 1.85 bits per heavy atom.